The number of hydrogen-bond acceptors (Lipinski definition) is 5. The first-order valence-corrected chi connectivity index (χ1v) is 25.6. The standard InChI is InChI=1S/C67H46N8/c1-3-19-43(20-4-1)52-39-45(65-70-66(56-27-15-17-37-68-56)72-67(71-65)57-28-16-18-38-69-57)40-53(44-21-5-2-6-22-44)64(52)75-62-35-33-46(73-58-29-11-7-23-48(58)49-24-8-12-30-59(49)73)41-54(62)55-42-47(34-36-63(55)75)74-60-31-13-9-25-50(60)51-26-10-14-32-61(51)74/h1-13,15-31,33-42,56,68H,14,32H2. The number of nitrogens with one attached hydrogen (secondary N) is 1. The molecular formula is C67H46N8. The fraction of sp³-hybridized carbons (Fsp3) is 0.0448. The zero-order valence-corrected chi connectivity index (χ0v) is 40.7. The molecule has 0 spiro atoms. The number of hydrogen-bond donors (Lipinski definition) is 1. The Bertz CT molecular complexity index is 4390. The maximum atomic E-state index is 5.26. The van der Waals surface area contributed by atoms with E-state index in [4.69, 9.17) is 19.9 Å². The predicted molar refractivity (Wildman–Crippen MR) is 306 cm³/mol. The van der Waals surface area contributed by atoms with Crippen molar-refractivity contribution in [1.29, 1.82) is 0 Å². The molecule has 8 aromatic carbocycles. The molecule has 15 rings (SSSR count). The highest BCUT2D eigenvalue weighted by atomic mass is 15.1. The summed E-state index contributed by atoms with van der Waals surface area (Å²) in [5.41, 5.74) is 17.5. The van der Waals surface area contributed by atoms with Gasteiger partial charge in [-0.2, -0.15) is 0 Å². The lowest BCUT2D eigenvalue weighted by atomic mass is 9.92. The summed E-state index contributed by atoms with van der Waals surface area (Å²) in [6.07, 6.45) is 16.4. The third kappa shape index (κ3) is 6.98. The van der Waals surface area contributed by atoms with E-state index in [1.165, 1.54) is 44.0 Å². The summed E-state index contributed by atoms with van der Waals surface area (Å²) in [6, 6.07) is 72.1. The quantitative estimate of drug-likeness (QED) is 0.164. The van der Waals surface area contributed by atoms with Gasteiger partial charge in [0, 0.05) is 72.5 Å². The van der Waals surface area contributed by atoms with Gasteiger partial charge in [0.1, 0.15) is 11.7 Å². The zero-order chi connectivity index (χ0) is 49.4. The first kappa shape index (κ1) is 42.7. The van der Waals surface area contributed by atoms with E-state index in [-0.39, 0.29) is 6.04 Å². The minimum absolute atomic E-state index is 0.248. The maximum Gasteiger partial charge on any atom is 0.182 e. The fourth-order valence-electron chi connectivity index (χ4n) is 11.7. The Labute approximate surface area is 432 Å². The number of benzene rings is 8. The van der Waals surface area contributed by atoms with Gasteiger partial charge in [0.15, 0.2) is 17.5 Å². The number of allylic oxidation sites excluding steroid dienone is 3. The average Bonchev–Trinajstić information content (AvgIpc) is 4.15. The second-order valence-electron chi connectivity index (χ2n) is 19.4. The van der Waals surface area contributed by atoms with Crippen LogP contribution in [0.4, 0.5) is 0 Å². The molecule has 354 valence electrons. The van der Waals surface area contributed by atoms with E-state index in [1.807, 2.05) is 36.6 Å². The molecule has 8 nitrogen and oxygen atoms in total. The van der Waals surface area contributed by atoms with E-state index in [0.717, 1.165) is 79.5 Å². The molecule has 13 aromatic rings. The summed E-state index contributed by atoms with van der Waals surface area (Å²) in [7, 11) is 0. The number of pyridine rings is 1. The van der Waals surface area contributed by atoms with Gasteiger partial charge in [0.05, 0.1) is 33.3 Å². The van der Waals surface area contributed by atoms with Gasteiger partial charge in [-0.25, -0.2) is 15.0 Å². The Morgan fingerprint density at radius 2 is 1.03 bits per heavy atom. The van der Waals surface area contributed by atoms with Crippen molar-refractivity contribution in [3.05, 3.63) is 254 Å². The molecule has 8 heteroatoms. The van der Waals surface area contributed by atoms with E-state index in [9.17, 15) is 0 Å². The van der Waals surface area contributed by atoms with E-state index in [1.54, 1.807) is 6.20 Å². The summed E-state index contributed by atoms with van der Waals surface area (Å²) >= 11 is 0. The Morgan fingerprint density at radius 3 is 1.65 bits per heavy atom. The molecule has 2 aliphatic rings. The topological polar surface area (TPSA) is 78.4 Å². The number of para-hydroxylation sites is 3. The first-order valence-electron chi connectivity index (χ1n) is 25.6. The highest BCUT2D eigenvalue weighted by molar-refractivity contribution is 6.14. The van der Waals surface area contributed by atoms with Crippen LogP contribution in [0.1, 0.15) is 29.5 Å². The Hall–Kier alpha value is -9.92. The van der Waals surface area contributed by atoms with E-state index in [0.29, 0.717) is 23.2 Å². The molecule has 5 aromatic heterocycles. The number of fused-ring (bicyclic) bond motifs is 9. The van der Waals surface area contributed by atoms with Crippen molar-refractivity contribution >= 4 is 60.6 Å². The molecule has 1 aliphatic carbocycles. The third-order valence-corrected chi connectivity index (χ3v) is 15.0. The van der Waals surface area contributed by atoms with Gasteiger partial charge in [-0.1, -0.05) is 146 Å². The minimum Gasteiger partial charge on any atom is -0.378 e. The lowest BCUT2D eigenvalue weighted by Crippen LogP contribution is -2.19. The Balaban J connectivity index is 1.04. The summed E-state index contributed by atoms with van der Waals surface area (Å²) in [4.78, 5) is 20.2. The molecule has 0 amide bonds. The van der Waals surface area contributed by atoms with Crippen LogP contribution in [0.15, 0.2) is 237 Å². The summed E-state index contributed by atoms with van der Waals surface area (Å²) < 4.78 is 7.44. The van der Waals surface area contributed by atoms with Crippen LogP contribution in [0.5, 0.6) is 0 Å². The zero-order valence-electron chi connectivity index (χ0n) is 40.7. The third-order valence-electron chi connectivity index (χ3n) is 15.0. The predicted octanol–water partition coefficient (Wildman–Crippen LogP) is 15.7. The van der Waals surface area contributed by atoms with Crippen molar-refractivity contribution in [3.63, 3.8) is 0 Å². The summed E-state index contributed by atoms with van der Waals surface area (Å²) in [5, 5.41) is 9.51. The second-order valence-corrected chi connectivity index (χ2v) is 19.4. The van der Waals surface area contributed by atoms with Crippen molar-refractivity contribution in [2.24, 2.45) is 0 Å². The van der Waals surface area contributed by atoms with Crippen LogP contribution in [-0.2, 0) is 6.42 Å². The molecule has 0 bridgehead atoms. The molecule has 6 heterocycles. The van der Waals surface area contributed by atoms with Gasteiger partial charge in [-0.05, 0) is 115 Å². The molecule has 0 saturated carbocycles. The molecule has 1 N–H and O–H groups in total. The van der Waals surface area contributed by atoms with Crippen LogP contribution in [0.25, 0.3) is 123 Å². The minimum atomic E-state index is -0.248. The number of nitrogens with zero attached hydrogens (tertiary/aromatic N) is 7. The molecule has 0 saturated heterocycles. The first-order chi connectivity index (χ1) is 37.2. The molecule has 1 aliphatic heterocycles. The average molecular weight is 963 g/mol. The van der Waals surface area contributed by atoms with E-state index in [2.05, 4.69) is 219 Å². The van der Waals surface area contributed by atoms with Crippen molar-refractivity contribution in [3.8, 4) is 62.2 Å². The van der Waals surface area contributed by atoms with Crippen molar-refractivity contribution in [1.82, 2.24) is 39.0 Å². The molecule has 0 fully saturated rings. The van der Waals surface area contributed by atoms with Gasteiger partial charge in [-0.15, -0.1) is 0 Å². The van der Waals surface area contributed by atoms with Crippen LogP contribution in [0.2, 0.25) is 0 Å². The van der Waals surface area contributed by atoms with Crippen LogP contribution in [0, 0.1) is 0 Å². The molecule has 1 unspecified atom stereocenters. The van der Waals surface area contributed by atoms with E-state index >= 15 is 0 Å². The van der Waals surface area contributed by atoms with Crippen molar-refractivity contribution in [2.75, 3.05) is 0 Å². The normalized spacial score (nSPS) is 14.1. The van der Waals surface area contributed by atoms with Gasteiger partial charge < -0.3 is 19.0 Å². The van der Waals surface area contributed by atoms with E-state index < -0.39 is 0 Å². The van der Waals surface area contributed by atoms with Crippen molar-refractivity contribution in [2.45, 2.75) is 18.9 Å². The fourth-order valence-corrected chi connectivity index (χ4v) is 11.7. The number of rotatable bonds is 8. The lowest BCUT2D eigenvalue weighted by molar-refractivity contribution is 0.687. The second kappa shape index (κ2) is 17.4. The summed E-state index contributed by atoms with van der Waals surface area (Å²) in [5.74, 6) is 1.68. The smallest absolute Gasteiger partial charge is 0.182 e. The van der Waals surface area contributed by atoms with Crippen molar-refractivity contribution < 1.29 is 0 Å². The number of dihydropyridines is 1. The highest BCUT2D eigenvalue weighted by Crippen LogP contribution is 2.46. The number of aromatic nitrogens is 7. The SMILES string of the molecule is C1=CNC(c2nc(-c3cc(-c4ccccc4)c(-n4c5ccc(-n6c7c(c8ccccc86)C=CCC7)cc5c5cc(-n6c7ccccc7c7ccccc76)ccc54)c(-c4ccccc4)c3)nc(-c3ccccn3)n2)C=C1. The monoisotopic (exact) mass is 962 g/mol. The lowest BCUT2D eigenvalue weighted by Gasteiger charge is -2.21. The highest BCUT2D eigenvalue weighted by Gasteiger charge is 2.26. The van der Waals surface area contributed by atoms with Gasteiger partial charge in [0.2, 0.25) is 0 Å². The Kier molecular flexibility index (Phi) is 9.91. The van der Waals surface area contributed by atoms with Gasteiger partial charge in [-0.3, -0.25) is 4.98 Å². The van der Waals surface area contributed by atoms with Gasteiger partial charge >= 0.3 is 0 Å². The largest absolute Gasteiger partial charge is 0.378 e. The van der Waals surface area contributed by atoms with Crippen LogP contribution in [0.3, 0.4) is 0 Å². The molecule has 75 heavy (non-hydrogen) atoms. The Morgan fingerprint density at radius 1 is 0.453 bits per heavy atom. The van der Waals surface area contributed by atoms with Crippen LogP contribution < -0.4 is 5.32 Å². The molecule has 1 atom stereocenters. The maximum absolute atomic E-state index is 5.26. The van der Waals surface area contributed by atoms with Gasteiger partial charge in [0.25, 0.3) is 0 Å². The molecular weight excluding hydrogens is 917 g/mol. The van der Waals surface area contributed by atoms with Crippen LogP contribution >= 0.6 is 0 Å². The summed E-state index contributed by atoms with van der Waals surface area (Å²) in [6.45, 7) is 0. The van der Waals surface area contributed by atoms with Crippen LogP contribution in [-0.4, -0.2) is 33.6 Å². The molecule has 0 radical (unpaired) electrons.